The summed E-state index contributed by atoms with van der Waals surface area (Å²) in [6.07, 6.45) is 3.04. The Balaban J connectivity index is 1.78. The molecule has 0 saturated carbocycles. The highest BCUT2D eigenvalue weighted by atomic mass is 35.5. The number of amides is 1. The number of carbonyl (C=O) groups is 1. The Morgan fingerprint density at radius 2 is 2.00 bits per heavy atom. The normalized spacial score (nSPS) is 15.6. The summed E-state index contributed by atoms with van der Waals surface area (Å²) in [4.78, 5) is 13.4. The topological polar surface area (TPSA) is 38.8 Å². The first kappa shape index (κ1) is 15.7. The number of carbonyl (C=O) groups excluding carboxylic acids is 1. The van der Waals surface area contributed by atoms with Gasteiger partial charge in [0.05, 0.1) is 0 Å². The SMILES string of the molecule is C=CCOC(=O)N1CCC(Oc2ccc(CCl)cc2)CC1. The molecule has 1 amide bonds. The Bertz CT molecular complexity index is 467. The molecule has 0 bridgehead atoms. The molecular formula is C16H20ClNO3. The van der Waals surface area contributed by atoms with Crippen LogP contribution < -0.4 is 4.74 Å². The molecule has 1 heterocycles. The van der Waals surface area contributed by atoms with E-state index >= 15 is 0 Å². The van der Waals surface area contributed by atoms with Crippen molar-refractivity contribution in [3.8, 4) is 5.75 Å². The van der Waals surface area contributed by atoms with Gasteiger partial charge in [-0.1, -0.05) is 24.8 Å². The number of halogens is 1. The summed E-state index contributed by atoms with van der Waals surface area (Å²) in [5.41, 5.74) is 1.07. The number of rotatable bonds is 5. The molecule has 1 saturated heterocycles. The summed E-state index contributed by atoms with van der Waals surface area (Å²) in [6, 6.07) is 7.79. The molecule has 0 aliphatic carbocycles. The van der Waals surface area contributed by atoms with Gasteiger partial charge < -0.3 is 14.4 Å². The number of likely N-dealkylation sites (tertiary alicyclic amines) is 1. The van der Waals surface area contributed by atoms with Gasteiger partial charge in [-0.3, -0.25) is 0 Å². The number of ether oxygens (including phenoxy) is 2. The van der Waals surface area contributed by atoms with Gasteiger partial charge >= 0.3 is 6.09 Å². The molecule has 0 aromatic heterocycles. The summed E-state index contributed by atoms with van der Waals surface area (Å²) < 4.78 is 11.0. The highest BCUT2D eigenvalue weighted by Gasteiger charge is 2.24. The van der Waals surface area contributed by atoms with Gasteiger partial charge in [0, 0.05) is 31.8 Å². The molecule has 4 nitrogen and oxygen atoms in total. The van der Waals surface area contributed by atoms with E-state index in [0.29, 0.717) is 19.0 Å². The first-order valence-electron chi connectivity index (χ1n) is 7.07. The molecular weight excluding hydrogens is 290 g/mol. The van der Waals surface area contributed by atoms with Crippen LogP contribution in [0.4, 0.5) is 4.79 Å². The number of nitrogens with zero attached hydrogens (tertiary/aromatic N) is 1. The van der Waals surface area contributed by atoms with Crippen LogP contribution in [-0.4, -0.2) is 36.8 Å². The van der Waals surface area contributed by atoms with Crippen molar-refractivity contribution in [1.82, 2.24) is 4.90 Å². The second-order valence-electron chi connectivity index (χ2n) is 4.95. The molecule has 1 aromatic rings. The minimum atomic E-state index is -0.278. The Morgan fingerprint density at radius 3 is 2.57 bits per heavy atom. The number of alkyl halides is 1. The third-order valence-corrected chi connectivity index (χ3v) is 3.71. The van der Waals surface area contributed by atoms with Gasteiger partial charge in [0.15, 0.2) is 0 Å². The van der Waals surface area contributed by atoms with E-state index in [2.05, 4.69) is 6.58 Å². The number of benzene rings is 1. The van der Waals surface area contributed by atoms with E-state index in [4.69, 9.17) is 21.1 Å². The lowest BCUT2D eigenvalue weighted by Crippen LogP contribution is -2.42. The van der Waals surface area contributed by atoms with Crippen LogP contribution in [0.25, 0.3) is 0 Å². The predicted octanol–water partition coefficient (Wildman–Crippen LogP) is 3.59. The summed E-state index contributed by atoms with van der Waals surface area (Å²) in [7, 11) is 0. The van der Waals surface area contributed by atoms with E-state index in [-0.39, 0.29) is 18.8 Å². The Morgan fingerprint density at radius 1 is 1.33 bits per heavy atom. The van der Waals surface area contributed by atoms with Crippen LogP contribution in [0.5, 0.6) is 5.75 Å². The maximum atomic E-state index is 11.7. The van der Waals surface area contributed by atoms with Crippen molar-refractivity contribution in [3.05, 3.63) is 42.5 Å². The van der Waals surface area contributed by atoms with Gasteiger partial charge in [-0.2, -0.15) is 0 Å². The van der Waals surface area contributed by atoms with Gasteiger partial charge in [0.25, 0.3) is 0 Å². The maximum absolute atomic E-state index is 11.7. The zero-order valence-electron chi connectivity index (χ0n) is 12.0. The molecule has 5 heteroatoms. The Kier molecular flexibility index (Phi) is 5.93. The van der Waals surface area contributed by atoms with Crippen LogP contribution in [0.3, 0.4) is 0 Å². The van der Waals surface area contributed by atoms with Crippen molar-refractivity contribution in [1.29, 1.82) is 0 Å². The molecule has 1 aliphatic rings. The van der Waals surface area contributed by atoms with Gasteiger partial charge in [-0.15, -0.1) is 11.6 Å². The van der Waals surface area contributed by atoms with Crippen LogP contribution in [0.1, 0.15) is 18.4 Å². The third kappa shape index (κ3) is 4.67. The predicted molar refractivity (Wildman–Crippen MR) is 82.8 cm³/mol. The van der Waals surface area contributed by atoms with Gasteiger partial charge in [0.2, 0.25) is 0 Å². The molecule has 21 heavy (non-hydrogen) atoms. The highest BCUT2D eigenvalue weighted by Crippen LogP contribution is 2.20. The summed E-state index contributed by atoms with van der Waals surface area (Å²) >= 11 is 5.76. The van der Waals surface area contributed by atoms with Crippen molar-refractivity contribution in [2.45, 2.75) is 24.8 Å². The van der Waals surface area contributed by atoms with Crippen LogP contribution >= 0.6 is 11.6 Å². The van der Waals surface area contributed by atoms with Crippen molar-refractivity contribution in [2.75, 3.05) is 19.7 Å². The molecule has 2 rings (SSSR count). The van der Waals surface area contributed by atoms with Crippen LogP contribution in [0.2, 0.25) is 0 Å². The molecule has 114 valence electrons. The maximum Gasteiger partial charge on any atom is 0.410 e. The lowest BCUT2D eigenvalue weighted by atomic mass is 10.1. The molecule has 0 unspecified atom stereocenters. The molecule has 0 N–H and O–H groups in total. The zero-order chi connectivity index (χ0) is 15.1. The monoisotopic (exact) mass is 309 g/mol. The van der Waals surface area contributed by atoms with Crippen LogP contribution in [-0.2, 0) is 10.6 Å². The Labute approximate surface area is 130 Å². The number of hydrogen-bond donors (Lipinski definition) is 0. The molecule has 0 spiro atoms. The molecule has 1 aliphatic heterocycles. The molecule has 1 fully saturated rings. The summed E-state index contributed by atoms with van der Waals surface area (Å²) in [5.74, 6) is 1.35. The number of piperidine rings is 1. The summed E-state index contributed by atoms with van der Waals surface area (Å²) in [5, 5.41) is 0. The van der Waals surface area contributed by atoms with E-state index < -0.39 is 0 Å². The fraction of sp³-hybridized carbons (Fsp3) is 0.438. The minimum Gasteiger partial charge on any atom is -0.490 e. The van der Waals surface area contributed by atoms with E-state index in [1.807, 2.05) is 24.3 Å². The standard InChI is InChI=1S/C16H20ClNO3/c1-2-11-20-16(19)18-9-7-15(8-10-18)21-14-5-3-13(12-17)4-6-14/h2-6,15H,1,7-12H2. The minimum absolute atomic E-state index is 0.135. The first-order chi connectivity index (χ1) is 10.2. The molecule has 0 radical (unpaired) electrons. The van der Waals surface area contributed by atoms with Crippen molar-refractivity contribution in [3.63, 3.8) is 0 Å². The molecule has 1 aromatic carbocycles. The van der Waals surface area contributed by atoms with Crippen LogP contribution in [0.15, 0.2) is 36.9 Å². The van der Waals surface area contributed by atoms with Crippen molar-refractivity contribution < 1.29 is 14.3 Å². The second kappa shape index (κ2) is 7.93. The average Bonchev–Trinajstić information content (AvgIpc) is 2.54. The van der Waals surface area contributed by atoms with Gasteiger partial charge in [0.1, 0.15) is 18.5 Å². The average molecular weight is 310 g/mol. The summed E-state index contributed by atoms with van der Waals surface area (Å²) in [6.45, 7) is 5.08. The lowest BCUT2D eigenvalue weighted by molar-refractivity contribution is 0.0731. The van der Waals surface area contributed by atoms with E-state index in [9.17, 15) is 4.79 Å². The second-order valence-corrected chi connectivity index (χ2v) is 5.21. The van der Waals surface area contributed by atoms with Crippen molar-refractivity contribution in [2.24, 2.45) is 0 Å². The highest BCUT2D eigenvalue weighted by molar-refractivity contribution is 6.17. The quantitative estimate of drug-likeness (QED) is 0.616. The smallest absolute Gasteiger partial charge is 0.410 e. The third-order valence-electron chi connectivity index (χ3n) is 3.41. The van der Waals surface area contributed by atoms with Gasteiger partial charge in [-0.25, -0.2) is 4.79 Å². The number of hydrogen-bond acceptors (Lipinski definition) is 3. The van der Waals surface area contributed by atoms with E-state index in [1.54, 1.807) is 11.0 Å². The largest absolute Gasteiger partial charge is 0.490 e. The fourth-order valence-electron chi connectivity index (χ4n) is 2.23. The molecule has 0 atom stereocenters. The van der Waals surface area contributed by atoms with Crippen molar-refractivity contribution >= 4 is 17.7 Å². The fourth-order valence-corrected chi connectivity index (χ4v) is 2.41. The first-order valence-corrected chi connectivity index (χ1v) is 7.60. The van der Waals surface area contributed by atoms with E-state index in [0.717, 1.165) is 24.2 Å². The Hall–Kier alpha value is -1.68. The lowest BCUT2D eigenvalue weighted by Gasteiger charge is -2.31. The van der Waals surface area contributed by atoms with Gasteiger partial charge in [-0.05, 0) is 17.7 Å². The zero-order valence-corrected chi connectivity index (χ0v) is 12.7. The van der Waals surface area contributed by atoms with E-state index in [1.165, 1.54) is 0 Å². The van der Waals surface area contributed by atoms with Crippen LogP contribution in [0, 0.1) is 0 Å².